The summed E-state index contributed by atoms with van der Waals surface area (Å²) < 4.78 is 0. The van der Waals surface area contributed by atoms with E-state index < -0.39 is 4.92 Å². The second-order valence-electron chi connectivity index (χ2n) is 6.95. The molecule has 0 spiro atoms. The topological polar surface area (TPSA) is 92.6 Å². The molecule has 7 nitrogen and oxygen atoms in total. The molecule has 0 unspecified atom stereocenters. The van der Waals surface area contributed by atoms with Gasteiger partial charge in [0.05, 0.1) is 9.82 Å². The van der Waals surface area contributed by atoms with Crippen LogP contribution in [0.2, 0.25) is 0 Å². The van der Waals surface area contributed by atoms with E-state index in [4.69, 9.17) is 0 Å². The Balaban J connectivity index is 1.61. The number of nitrogens with one attached hydrogen (secondary N) is 1. The summed E-state index contributed by atoms with van der Waals surface area (Å²) in [6.45, 7) is 3.79. The molecule has 29 heavy (non-hydrogen) atoms. The first kappa shape index (κ1) is 20.9. The van der Waals surface area contributed by atoms with E-state index in [-0.39, 0.29) is 23.1 Å². The summed E-state index contributed by atoms with van der Waals surface area (Å²) in [5.74, 6) is -0.193. The molecule has 1 N–H and O–H groups in total. The van der Waals surface area contributed by atoms with Gasteiger partial charge in [0.1, 0.15) is 0 Å². The maximum atomic E-state index is 12.4. The van der Waals surface area contributed by atoms with Crippen LogP contribution in [0, 0.1) is 17.0 Å². The quantitative estimate of drug-likeness (QED) is 0.404. The molecule has 0 radical (unpaired) electrons. The third-order valence-electron chi connectivity index (χ3n) is 4.73. The van der Waals surface area contributed by atoms with Gasteiger partial charge in [0, 0.05) is 42.6 Å². The van der Waals surface area contributed by atoms with Crippen molar-refractivity contribution in [1.29, 1.82) is 0 Å². The Morgan fingerprint density at radius 2 is 2.00 bits per heavy atom. The van der Waals surface area contributed by atoms with E-state index in [1.54, 1.807) is 17.0 Å². The first-order valence-electron chi connectivity index (χ1n) is 9.53. The molecule has 0 saturated carbocycles. The maximum absolute atomic E-state index is 12.4. The van der Waals surface area contributed by atoms with Crippen molar-refractivity contribution < 1.29 is 14.5 Å². The van der Waals surface area contributed by atoms with Crippen molar-refractivity contribution in [3.05, 3.63) is 63.7 Å². The lowest BCUT2D eigenvalue weighted by Gasteiger charge is -2.15. The fourth-order valence-electron chi connectivity index (χ4n) is 3.14. The van der Waals surface area contributed by atoms with Gasteiger partial charge in [0.25, 0.3) is 11.6 Å². The number of likely N-dealkylation sites (tertiary alicyclic amines) is 1. The molecule has 3 rings (SSSR count). The van der Waals surface area contributed by atoms with Crippen molar-refractivity contribution in [3.8, 4) is 0 Å². The van der Waals surface area contributed by atoms with E-state index in [2.05, 4.69) is 5.32 Å². The van der Waals surface area contributed by atoms with Gasteiger partial charge in [-0.1, -0.05) is 29.5 Å². The number of nitro benzene ring substituents is 1. The maximum Gasteiger partial charge on any atom is 0.284 e. The first-order valence-corrected chi connectivity index (χ1v) is 10.3. The summed E-state index contributed by atoms with van der Waals surface area (Å²) in [5.41, 5.74) is 1.28. The number of hydrogen-bond donors (Lipinski definition) is 1. The highest BCUT2D eigenvalue weighted by Gasteiger charge is 2.20. The molecule has 0 bridgehead atoms. The summed E-state index contributed by atoms with van der Waals surface area (Å²) in [7, 11) is 0. The van der Waals surface area contributed by atoms with E-state index >= 15 is 0 Å². The Bertz CT molecular complexity index is 915. The molecule has 0 aromatic heterocycles. The molecule has 2 aromatic carbocycles. The fraction of sp³-hybridized carbons (Fsp3) is 0.333. The normalized spacial score (nSPS) is 13.6. The zero-order valence-corrected chi connectivity index (χ0v) is 17.0. The van der Waals surface area contributed by atoms with Crippen LogP contribution in [-0.4, -0.2) is 41.3 Å². The lowest BCUT2D eigenvalue weighted by molar-refractivity contribution is -0.387. The summed E-state index contributed by atoms with van der Waals surface area (Å²) in [6.07, 6.45) is 2.14. The first-order chi connectivity index (χ1) is 13.9. The molecular weight excluding hydrogens is 390 g/mol. The number of hydrogen-bond acceptors (Lipinski definition) is 5. The van der Waals surface area contributed by atoms with E-state index in [1.165, 1.54) is 17.8 Å². The van der Waals surface area contributed by atoms with Crippen LogP contribution in [0.4, 0.5) is 5.69 Å². The monoisotopic (exact) mass is 413 g/mol. The second kappa shape index (κ2) is 9.56. The highest BCUT2D eigenvalue weighted by Crippen LogP contribution is 2.35. The lowest BCUT2D eigenvalue weighted by atomic mass is 10.2. The standard InChI is InChI=1S/C21H23N3O4S/c1-15-5-8-17(9-6-15)29-19-10-7-16(14-18(19)24(27)28)21(26)22-11-3-13-23-12-2-4-20(23)25/h5-10,14H,2-4,11-13H2,1H3,(H,22,26). The van der Waals surface area contributed by atoms with Crippen LogP contribution in [0.3, 0.4) is 0 Å². The van der Waals surface area contributed by atoms with Crippen molar-refractivity contribution in [2.75, 3.05) is 19.6 Å². The van der Waals surface area contributed by atoms with Crippen LogP contribution in [0.15, 0.2) is 52.3 Å². The summed E-state index contributed by atoms with van der Waals surface area (Å²) in [5, 5.41) is 14.3. The smallest absolute Gasteiger partial charge is 0.284 e. The number of carbonyl (C=O) groups is 2. The Hall–Kier alpha value is -2.87. The van der Waals surface area contributed by atoms with E-state index in [0.717, 1.165) is 23.4 Å². The van der Waals surface area contributed by atoms with Gasteiger partial charge in [-0.05, 0) is 44.0 Å². The van der Waals surface area contributed by atoms with Crippen LogP contribution >= 0.6 is 11.8 Å². The highest BCUT2D eigenvalue weighted by molar-refractivity contribution is 7.99. The molecule has 1 heterocycles. The molecule has 1 aliphatic rings. The third-order valence-corrected chi connectivity index (χ3v) is 5.80. The lowest BCUT2D eigenvalue weighted by Crippen LogP contribution is -2.30. The van der Waals surface area contributed by atoms with Crippen LogP contribution in [0.5, 0.6) is 0 Å². The minimum absolute atomic E-state index is 0.0918. The zero-order valence-electron chi connectivity index (χ0n) is 16.2. The van der Waals surface area contributed by atoms with Crippen molar-refractivity contribution in [3.63, 3.8) is 0 Å². The van der Waals surface area contributed by atoms with E-state index in [1.807, 2.05) is 31.2 Å². The Labute approximate surface area is 173 Å². The van der Waals surface area contributed by atoms with Crippen molar-refractivity contribution in [1.82, 2.24) is 10.2 Å². The second-order valence-corrected chi connectivity index (χ2v) is 8.06. The summed E-state index contributed by atoms with van der Waals surface area (Å²) >= 11 is 1.30. The van der Waals surface area contributed by atoms with Gasteiger partial charge in [-0.3, -0.25) is 19.7 Å². The average molecular weight is 413 g/mol. The summed E-state index contributed by atoms with van der Waals surface area (Å²) in [4.78, 5) is 38.2. The molecule has 1 saturated heterocycles. The van der Waals surface area contributed by atoms with Gasteiger partial charge in [0.2, 0.25) is 5.91 Å². The molecule has 2 aromatic rings. The molecular formula is C21H23N3O4S. The number of aryl methyl sites for hydroxylation is 1. The molecule has 0 atom stereocenters. The van der Waals surface area contributed by atoms with Crippen molar-refractivity contribution in [2.24, 2.45) is 0 Å². The van der Waals surface area contributed by atoms with Gasteiger partial charge in [-0.15, -0.1) is 0 Å². The minimum Gasteiger partial charge on any atom is -0.352 e. The molecule has 0 aliphatic carbocycles. The van der Waals surface area contributed by atoms with E-state index in [9.17, 15) is 19.7 Å². The van der Waals surface area contributed by atoms with Gasteiger partial charge in [-0.25, -0.2) is 0 Å². The molecule has 152 valence electrons. The van der Waals surface area contributed by atoms with Gasteiger partial charge < -0.3 is 10.2 Å². The van der Waals surface area contributed by atoms with Crippen LogP contribution in [0.1, 0.15) is 35.2 Å². The number of amides is 2. The zero-order chi connectivity index (χ0) is 20.8. The summed E-state index contributed by atoms with van der Waals surface area (Å²) in [6, 6.07) is 12.3. The van der Waals surface area contributed by atoms with Crippen LogP contribution in [-0.2, 0) is 4.79 Å². The Morgan fingerprint density at radius 3 is 2.66 bits per heavy atom. The highest BCUT2D eigenvalue weighted by atomic mass is 32.2. The number of carbonyl (C=O) groups excluding carboxylic acids is 2. The van der Waals surface area contributed by atoms with Gasteiger partial charge in [-0.2, -0.15) is 0 Å². The van der Waals surface area contributed by atoms with Crippen molar-refractivity contribution in [2.45, 2.75) is 36.0 Å². The minimum atomic E-state index is -0.466. The number of nitrogens with zero attached hydrogens (tertiary/aromatic N) is 2. The SMILES string of the molecule is Cc1ccc(Sc2ccc(C(=O)NCCCN3CCCC3=O)cc2[N+](=O)[O-])cc1. The Kier molecular flexibility index (Phi) is 6.87. The van der Waals surface area contributed by atoms with Gasteiger partial charge in [0.15, 0.2) is 0 Å². The average Bonchev–Trinajstić information content (AvgIpc) is 3.11. The molecule has 1 fully saturated rings. The van der Waals surface area contributed by atoms with Gasteiger partial charge >= 0.3 is 0 Å². The third kappa shape index (κ3) is 5.57. The fourth-order valence-corrected chi connectivity index (χ4v) is 4.04. The van der Waals surface area contributed by atoms with Crippen molar-refractivity contribution >= 4 is 29.3 Å². The van der Waals surface area contributed by atoms with E-state index in [0.29, 0.717) is 30.8 Å². The number of nitro groups is 1. The Morgan fingerprint density at radius 1 is 1.24 bits per heavy atom. The molecule has 2 amide bonds. The van der Waals surface area contributed by atoms with Crippen LogP contribution < -0.4 is 5.32 Å². The number of benzene rings is 2. The number of rotatable bonds is 8. The molecule has 8 heteroatoms. The molecule has 1 aliphatic heterocycles. The van der Waals surface area contributed by atoms with Crippen LogP contribution in [0.25, 0.3) is 0 Å². The largest absolute Gasteiger partial charge is 0.352 e. The predicted molar refractivity (Wildman–Crippen MR) is 111 cm³/mol. The predicted octanol–water partition coefficient (Wildman–Crippen LogP) is 3.80.